The van der Waals surface area contributed by atoms with Crippen molar-refractivity contribution in [1.29, 1.82) is 0 Å². The Labute approximate surface area is 338 Å². The molecule has 0 radical (unpaired) electrons. The zero-order valence-corrected chi connectivity index (χ0v) is 31.3. The zero-order valence-electron chi connectivity index (χ0n) is 31.3. The SMILES string of the molecule is O=C1CCC(N2Cc3c(Bc4ccc(-c5cc6c(Oc7ccc8c(c7)[C@@H]7[C@H](O8)[C@H]7c7nc8cc(C(F)(F)F)ccc8[nH]7)ccnc6[nH]c5=O)cc4)cccc3C2=O)C(=O)N1. The molecule has 7 aromatic rings. The molecule has 4 aromatic carbocycles. The number of carbonyl (C=O) groups is 3. The van der Waals surface area contributed by atoms with E-state index in [0.29, 0.717) is 70.0 Å². The van der Waals surface area contributed by atoms with Crippen LogP contribution in [0.4, 0.5) is 13.2 Å². The van der Waals surface area contributed by atoms with E-state index >= 15 is 0 Å². The summed E-state index contributed by atoms with van der Waals surface area (Å²) in [4.78, 5) is 67.5. The number of ether oxygens (including phenoxy) is 2. The first-order valence-corrected chi connectivity index (χ1v) is 19.4. The van der Waals surface area contributed by atoms with Crippen LogP contribution < -0.4 is 31.3 Å². The van der Waals surface area contributed by atoms with Crippen molar-refractivity contribution in [3.05, 3.63) is 136 Å². The minimum atomic E-state index is -4.46. The Morgan fingerprint density at radius 1 is 0.883 bits per heavy atom. The van der Waals surface area contributed by atoms with E-state index in [1.807, 2.05) is 48.5 Å². The summed E-state index contributed by atoms with van der Waals surface area (Å²) in [6.45, 7) is 0.278. The second-order valence-electron chi connectivity index (χ2n) is 15.6. The maximum Gasteiger partial charge on any atom is 0.416 e. The van der Waals surface area contributed by atoms with Gasteiger partial charge in [-0.1, -0.05) is 47.3 Å². The van der Waals surface area contributed by atoms with Crippen molar-refractivity contribution in [2.45, 2.75) is 49.5 Å². The van der Waals surface area contributed by atoms with Crippen LogP contribution in [0, 0.1) is 0 Å². The molecule has 3 aliphatic heterocycles. The highest BCUT2D eigenvalue weighted by molar-refractivity contribution is 6.68. The zero-order chi connectivity index (χ0) is 41.0. The Morgan fingerprint density at radius 3 is 2.55 bits per heavy atom. The van der Waals surface area contributed by atoms with Crippen LogP contribution in [-0.4, -0.2) is 62.0 Å². The van der Waals surface area contributed by atoms with E-state index in [4.69, 9.17) is 9.47 Å². The highest BCUT2D eigenvalue weighted by Crippen LogP contribution is 2.63. The van der Waals surface area contributed by atoms with Crippen molar-refractivity contribution in [1.82, 2.24) is 30.2 Å². The number of imide groups is 1. The van der Waals surface area contributed by atoms with Crippen LogP contribution in [0.3, 0.4) is 0 Å². The van der Waals surface area contributed by atoms with Gasteiger partial charge in [0.15, 0.2) is 7.28 Å². The number of nitrogens with zero attached hydrogens (tertiary/aromatic N) is 3. The van der Waals surface area contributed by atoms with E-state index in [1.54, 1.807) is 35.4 Å². The lowest BCUT2D eigenvalue weighted by Crippen LogP contribution is -2.52. The highest BCUT2D eigenvalue weighted by atomic mass is 19.4. The third-order valence-corrected chi connectivity index (χ3v) is 12.0. The summed E-state index contributed by atoms with van der Waals surface area (Å²) in [5.74, 6) is 1.06. The van der Waals surface area contributed by atoms with E-state index in [9.17, 15) is 32.3 Å². The molecule has 16 heteroatoms. The second-order valence-corrected chi connectivity index (χ2v) is 15.6. The van der Waals surface area contributed by atoms with Crippen molar-refractivity contribution in [3.63, 3.8) is 0 Å². The molecule has 3 N–H and O–H groups in total. The smallest absolute Gasteiger partial charge is 0.416 e. The molecule has 3 amide bonds. The summed E-state index contributed by atoms with van der Waals surface area (Å²) < 4.78 is 52.5. The number of rotatable bonds is 7. The summed E-state index contributed by atoms with van der Waals surface area (Å²) in [5, 5.41) is 2.93. The molecule has 1 saturated heterocycles. The van der Waals surface area contributed by atoms with E-state index in [0.717, 1.165) is 34.2 Å². The summed E-state index contributed by atoms with van der Waals surface area (Å²) in [6, 6.07) is 24.9. The highest BCUT2D eigenvalue weighted by Gasteiger charge is 2.61. The minimum absolute atomic E-state index is 0.0517. The average Bonchev–Trinajstić information content (AvgIpc) is 3.45. The van der Waals surface area contributed by atoms with Crippen LogP contribution in [0.1, 0.15) is 57.6 Å². The largest absolute Gasteiger partial charge is 0.489 e. The van der Waals surface area contributed by atoms with E-state index in [2.05, 4.69) is 25.3 Å². The summed E-state index contributed by atoms with van der Waals surface area (Å²) in [5.41, 5.74) is 5.34. The summed E-state index contributed by atoms with van der Waals surface area (Å²) >= 11 is 0. The normalized spacial score (nSPS) is 20.4. The van der Waals surface area contributed by atoms with E-state index in [-0.39, 0.29) is 53.8 Å². The number of amides is 3. The Balaban J connectivity index is 0.822. The molecular formula is C44H30BF3N6O6. The van der Waals surface area contributed by atoms with Gasteiger partial charge in [-0.25, -0.2) is 9.97 Å². The van der Waals surface area contributed by atoms with Crippen LogP contribution in [0.25, 0.3) is 33.2 Å². The summed E-state index contributed by atoms with van der Waals surface area (Å²) in [6.07, 6.45) is -2.64. The van der Waals surface area contributed by atoms with Crippen LogP contribution in [0.5, 0.6) is 17.2 Å². The van der Waals surface area contributed by atoms with Crippen molar-refractivity contribution < 1.29 is 37.0 Å². The Hall–Kier alpha value is -7.23. The molecule has 12 nitrogen and oxygen atoms in total. The number of piperidine rings is 1. The minimum Gasteiger partial charge on any atom is -0.489 e. The molecule has 0 spiro atoms. The first-order valence-electron chi connectivity index (χ1n) is 19.4. The van der Waals surface area contributed by atoms with Crippen molar-refractivity contribution >= 4 is 58.0 Å². The average molecular weight is 807 g/mol. The van der Waals surface area contributed by atoms with Gasteiger partial charge in [0.05, 0.1) is 27.9 Å². The number of hydrogen-bond acceptors (Lipinski definition) is 8. The standard InChI is InChI=1S/C44H30BF3N6O6/c46-44(47,48)21-6-10-30-31(16-21)51-40(50-30)37-36-26-17-23(9-12-33(26)60-38(36)37)59-34-14-15-49-39-27(34)18-25(41(56)53-39)20-4-7-22(8-5-20)45-29-3-1-2-24-28(29)19-54(43(24)58)32-11-13-35(55)52-42(32)57/h1-10,12,14-18,32,36-38,45H,11,13,19H2,(H,50,51)(H,49,53,56)(H,52,55,57)/t32?,36-,37-,38-/m0/s1. The fraction of sp³-hybridized carbons (Fsp3) is 0.182. The van der Waals surface area contributed by atoms with Gasteiger partial charge in [-0.15, -0.1) is 0 Å². The third-order valence-electron chi connectivity index (χ3n) is 12.0. The van der Waals surface area contributed by atoms with E-state index < -0.39 is 23.7 Å². The topological polar surface area (TPSA) is 159 Å². The third kappa shape index (κ3) is 5.92. The number of aromatic amines is 2. The molecule has 2 fully saturated rings. The van der Waals surface area contributed by atoms with E-state index in [1.165, 1.54) is 6.07 Å². The molecule has 0 bridgehead atoms. The number of benzene rings is 4. The number of H-pyrrole nitrogens is 2. The van der Waals surface area contributed by atoms with Crippen molar-refractivity contribution in [2.75, 3.05) is 0 Å². The van der Waals surface area contributed by atoms with Gasteiger partial charge in [0, 0.05) is 41.8 Å². The van der Waals surface area contributed by atoms with Gasteiger partial charge >= 0.3 is 6.18 Å². The lowest BCUT2D eigenvalue weighted by atomic mass is 9.62. The number of nitrogens with one attached hydrogen (secondary N) is 3. The lowest BCUT2D eigenvalue weighted by Gasteiger charge is -2.29. The molecule has 4 atom stereocenters. The molecule has 6 heterocycles. The Kier molecular flexibility index (Phi) is 7.86. The first kappa shape index (κ1) is 35.9. The van der Waals surface area contributed by atoms with Gasteiger partial charge in [-0.05, 0) is 72.1 Å². The quantitative estimate of drug-likeness (QED) is 0.149. The van der Waals surface area contributed by atoms with Gasteiger partial charge < -0.3 is 24.3 Å². The number of fused-ring (bicyclic) bond motifs is 6. The molecule has 4 aliphatic rings. The van der Waals surface area contributed by atoms with Gasteiger partial charge in [-0.2, -0.15) is 13.2 Å². The van der Waals surface area contributed by atoms with Crippen molar-refractivity contribution in [2.24, 2.45) is 0 Å². The second kappa shape index (κ2) is 13.1. The Bertz CT molecular complexity index is 3060. The van der Waals surface area contributed by atoms with Crippen LogP contribution in [0.2, 0.25) is 0 Å². The predicted molar refractivity (Wildman–Crippen MR) is 214 cm³/mol. The molecule has 3 aromatic heterocycles. The number of carbonyl (C=O) groups excluding carboxylic acids is 3. The van der Waals surface area contributed by atoms with Gasteiger partial charge in [0.25, 0.3) is 11.5 Å². The maximum absolute atomic E-state index is 13.4. The van der Waals surface area contributed by atoms with Crippen LogP contribution in [0.15, 0.2) is 102 Å². The van der Waals surface area contributed by atoms with Crippen LogP contribution in [-0.2, 0) is 22.3 Å². The molecule has 60 heavy (non-hydrogen) atoms. The Morgan fingerprint density at radius 2 is 1.73 bits per heavy atom. The van der Waals surface area contributed by atoms with Crippen molar-refractivity contribution in [3.8, 4) is 28.4 Å². The van der Waals surface area contributed by atoms with Gasteiger partial charge in [-0.3, -0.25) is 24.5 Å². The lowest BCUT2D eigenvalue weighted by molar-refractivity contribution is -0.138. The molecule has 1 saturated carbocycles. The monoisotopic (exact) mass is 806 g/mol. The molecule has 296 valence electrons. The number of hydrogen-bond donors (Lipinski definition) is 3. The number of halogens is 3. The molecule has 1 aliphatic carbocycles. The molecule has 1 unspecified atom stereocenters. The predicted octanol–water partition coefficient (Wildman–Crippen LogP) is 5.07. The molecule has 11 rings (SSSR count). The number of aromatic nitrogens is 4. The van der Waals surface area contributed by atoms with Crippen LogP contribution >= 0.6 is 0 Å². The maximum atomic E-state index is 13.4. The fourth-order valence-corrected chi connectivity index (χ4v) is 8.94. The summed E-state index contributed by atoms with van der Waals surface area (Å²) in [7, 11) is 0.519. The number of pyridine rings is 2. The fourth-order valence-electron chi connectivity index (χ4n) is 8.94. The van der Waals surface area contributed by atoms with Gasteiger partial charge in [0.2, 0.25) is 11.8 Å². The first-order chi connectivity index (χ1) is 29.0. The molecular weight excluding hydrogens is 776 g/mol. The number of alkyl halides is 3. The number of imidazole rings is 1. The van der Waals surface area contributed by atoms with Gasteiger partial charge in [0.1, 0.15) is 40.9 Å².